The van der Waals surface area contributed by atoms with E-state index in [1.165, 1.54) is 19.2 Å². The Morgan fingerprint density at radius 3 is 2.79 bits per heavy atom. The zero-order valence-corrected chi connectivity index (χ0v) is 8.16. The van der Waals surface area contributed by atoms with Crippen LogP contribution in [0.2, 0.25) is 0 Å². The van der Waals surface area contributed by atoms with Crippen LogP contribution in [0.4, 0.5) is 4.39 Å². The van der Waals surface area contributed by atoms with Crippen LogP contribution >= 0.6 is 0 Å². The van der Waals surface area contributed by atoms with Gasteiger partial charge in [0.15, 0.2) is 0 Å². The van der Waals surface area contributed by atoms with Gasteiger partial charge in [-0.25, -0.2) is 4.39 Å². The van der Waals surface area contributed by atoms with Crippen molar-refractivity contribution < 1.29 is 9.13 Å². The summed E-state index contributed by atoms with van der Waals surface area (Å²) in [5.41, 5.74) is 11.9. The first-order chi connectivity index (χ1) is 6.69. The van der Waals surface area contributed by atoms with E-state index in [0.29, 0.717) is 24.3 Å². The summed E-state index contributed by atoms with van der Waals surface area (Å²) in [6, 6.07) is 4.03. The van der Waals surface area contributed by atoms with Crippen molar-refractivity contribution in [1.82, 2.24) is 0 Å². The first-order valence-corrected chi connectivity index (χ1v) is 4.48. The third kappa shape index (κ3) is 2.43. The molecular weight excluding hydrogens is 183 g/mol. The van der Waals surface area contributed by atoms with Crippen molar-refractivity contribution in [2.75, 3.05) is 13.7 Å². The van der Waals surface area contributed by atoms with Crippen LogP contribution in [0.3, 0.4) is 0 Å². The lowest BCUT2D eigenvalue weighted by Gasteiger charge is -2.14. The van der Waals surface area contributed by atoms with E-state index in [4.69, 9.17) is 16.2 Å². The van der Waals surface area contributed by atoms with Gasteiger partial charge >= 0.3 is 0 Å². The van der Waals surface area contributed by atoms with Gasteiger partial charge in [0.2, 0.25) is 0 Å². The first kappa shape index (κ1) is 10.9. The Morgan fingerprint density at radius 1 is 1.50 bits per heavy atom. The van der Waals surface area contributed by atoms with Gasteiger partial charge < -0.3 is 16.2 Å². The van der Waals surface area contributed by atoms with Crippen LogP contribution in [-0.4, -0.2) is 13.7 Å². The number of nitrogens with two attached hydrogens (primary N) is 2. The van der Waals surface area contributed by atoms with Crippen molar-refractivity contribution in [1.29, 1.82) is 0 Å². The average molecular weight is 198 g/mol. The predicted molar refractivity (Wildman–Crippen MR) is 53.6 cm³/mol. The molecule has 0 radical (unpaired) electrons. The summed E-state index contributed by atoms with van der Waals surface area (Å²) in [5.74, 6) is 0.292. The molecule has 0 aromatic heterocycles. The van der Waals surface area contributed by atoms with Crippen LogP contribution in [-0.2, 0) is 0 Å². The normalized spacial score (nSPS) is 12.6. The molecule has 0 spiro atoms. The fourth-order valence-electron chi connectivity index (χ4n) is 1.33. The molecular formula is C10H15FN2O. The van der Waals surface area contributed by atoms with E-state index in [-0.39, 0.29) is 11.9 Å². The second kappa shape index (κ2) is 4.93. The van der Waals surface area contributed by atoms with E-state index >= 15 is 0 Å². The van der Waals surface area contributed by atoms with Gasteiger partial charge in [0.1, 0.15) is 11.6 Å². The zero-order chi connectivity index (χ0) is 10.6. The van der Waals surface area contributed by atoms with Gasteiger partial charge in [-0.2, -0.15) is 0 Å². The van der Waals surface area contributed by atoms with Crippen LogP contribution < -0.4 is 16.2 Å². The molecule has 0 unspecified atom stereocenters. The van der Waals surface area contributed by atoms with Crippen molar-refractivity contribution in [3.05, 3.63) is 29.6 Å². The highest BCUT2D eigenvalue weighted by Gasteiger charge is 2.11. The van der Waals surface area contributed by atoms with Crippen molar-refractivity contribution >= 4 is 0 Å². The molecule has 0 saturated heterocycles. The maximum absolute atomic E-state index is 12.9. The Bertz CT molecular complexity index is 304. The fraction of sp³-hybridized carbons (Fsp3) is 0.400. The molecule has 4 N–H and O–H groups in total. The molecule has 4 heteroatoms. The van der Waals surface area contributed by atoms with Crippen LogP contribution in [0.25, 0.3) is 0 Å². The van der Waals surface area contributed by atoms with Gasteiger partial charge in [0.05, 0.1) is 7.11 Å². The highest BCUT2D eigenvalue weighted by molar-refractivity contribution is 5.36. The lowest BCUT2D eigenvalue weighted by Crippen LogP contribution is -2.16. The Hall–Kier alpha value is -1.13. The Labute approximate surface area is 82.9 Å². The molecule has 14 heavy (non-hydrogen) atoms. The average Bonchev–Trinajstić information content (AvgIpc) is 2.18. The van der Waals surface area contributed by atoms with E-state index in [1.54, 1.807) is 6.07 Å². The predicted octanol–water partition coefficient (Wildman–Crippen LogP) is 1.18. The smallest absolute Gasteiger partial charge is 0.123 e. The van der Waals surface area contributed by atoms with E-state index in [0.717, 1.165) is 0 Å². The van der Waals surface area contributed by atoms with Gasteiger partial charge in [-0.15, -0.1) is 0 Å². The van der Waals surface area contributed by atoms with Gasteiger partial charge in [0, 0.05) is 11.6 Å². The minimum atomic E-state index is -0.312. The molecule has 1 atom stereocenters. The van der Waals surface area contributed by atoms with E-state index in [1.807, 2.05) is 0 Å². The molecule has 0 saturated carbocycles. The van der Waals surface area contributed by atoms with Crippen LogP contribution in [0.1, 0.15) is 18.0 Å². The highest BCUT2D eigenvalue weighted by Crippen LogP contribution is 2.25. The van der Waals surface area contributed by atoms with Gasteiger partial charge in [0.25, 0.3) is 0 Å². The van der Waals surface area contributed by atoms with E-state index in [2.05, 4.69) is 0 Å². The lowest BCUT2D eigenvalue weighted by molar-refractivity contribution is 0.403. The molecule has 1 rings (SSSR count). The SMILES string of the molecule is COc1ccc(F)cc1[C@@H](N)CCN. The van der Waals surface area contributed by atoms with Gasteiger partial charge in [-0.1, -0.05) is 0 Å². The fourth-order valence-corrected chi connectivity index (χ4v) is 1.33. The molecule has 0 aliphatic rings. The van der Waals surface area contributed by atoms with Gasteiger partial charge in [-0.3, -0.25) is 0 Å². The summed E-state index contributed by atoms with van der Waals surface area (Å²) in [4.78, 5) is 0. The minimum Gasteiger partial charge on any atom is -0.496 e. The Balaban J connectivity index is 2.97. The van der Waals surface area contributed by atoms with Gasteiger partial charge in [-0.05, 0) is 31.2 Å². The zero-order valence-electron chi connectivity index (χ0n) is 8.16. The molecule has 0 heterocycles. The van der Waals surface area contributed by atoms with Crippen molar-refractivity contribution in [3.63, 3.8) is 0 Å². The summed E-state index contributed by atoms with van der Waals surface area (Å²) in [6.45, 7) is 0.473. The Kier molecular flexibility index (Phi) is 3.85. The molecule has 3 nitrogen and oxygen atoms in total. The highest BCUT2D eigenvalue weighted by atomic mass is 19.1. The van der Waals surface area contributed by atoms with E-state index in [9.17, 15) is 4.39 Å². The molecule has 0 bridgehead atoms. The summed E-state index contributed by atoms with van der Waals surface area (Å²) >= 11 is 0. The number of methoxy groups -OCH3 is 1. The molecule has 0 aliphatic heterocycles. The second-order valence-corrected chi connectivity index (χ2v) is 3.07. The topological polar surface area (TPSA) is 61.3 Å². The number of rotatable bonds is 4. The van der Waals surface area contributed by atoms with E-state index < -0.39 is 0 Å². The summed E-state index contributed by atoms with van der Waals surface area (Å²) < 4.78 is 18.0. The summed E-state index contributed by atoms with van der Waals surface area (Å²) in [6.07, 6.45) is 0.611. The molecule has 1 aromatic carbocycles. The lowest BCUT2D eigenvalue weighted by atomic mass is 10.0. The minimum absolute atomic E-state index is 0.273. The third-order valence-electron chi connectivity index (χ3n) is 2.07. The van der Waals surface area contributed by atoms with Crippen LogP contribution in [0.5, 0.6) is 5.75 Å². The maximum atomic E-state index is 12.9. The number of hydrogen-bond donors (Lipinski definition) is 2. The number of hydrogen-bond acceptors (Lipinski definition) is 3. The standard InChI is InChI=1S/C10H15FN2O/c1-14-10-3-2-7(11)6-8(10)9(13)4-5-12/h2-3,6,9H,4-5,12-13H2,1H3/t9-/m0/s1. The quantitative estimate of drug-likeness (QED) is 0.763. The summed E-state index contributed by atoms with van der Waals surface area (Å²) in [7, 11) is 1.53. The third-order valence-corrected chi connectivity index (χ3v) is 2.07. The molecule has 0 aliphatic carbocycles. The monoisotopic (exact) mass is 198 g/mol. The van der Waals surface area contributed by atoms with Crippen molar-refractivity contribution in [2.24, 2.45) is 11.5 Å². The molecule has 0 fully saturated rings. The van der Waals surface area contributed by atoms with Crippen molar-refractivity contribution in [2.45, 2.75) is 12.5 Å². The molecule has 0 amide bonds. The number of benzene rings is 1. The maximum Gasteiger partial charge on any atom is 0.123 e. The van der Waals surface area contributed by atoms with Crippen LogP contribution in [0, 0.1) is 5.82 Å². The molecule has 78 valence electrons. The number of halogens is 1. The Morgan fingerprint density at radius 2 is 2.21 bits per heavy atom. The van der Waals surface area contributed by atoms with Crippen molar-refractivity contribution in [3.8, 4) is 5.75 Å². The second-order valence-electron chi connectivity index (χ2n) is 3.07. The summed E-state index contributed by atoms with van der Waals surface area (Å²) in [5, 5.41) is 0. The number of ether oxygens (including phenoxy) is 1. The largest absolute Gasteiger partial charge is 0.496 e. The first-order valence-electron chi connectivity index (χ1n) is 4.48. The van der Waals surface area contributed by atoms with Crippen LogP contribution in [0.15, 0.2) is 18.2 Å². The molecule has 1 aromatic rings.